The molecule has 3 heterocycles. The van der Waals surface area contributed by atoms with Crippen molar-refractivity contribution in [3.8, 4) is 0 Å². The van der Waals surface area contributed by atoms with Crippen molar-refractivity contribution in [2.45, 2.75) is 218 Å². The maximum Gasteiger partial charge on any atom is 0.338 e. The van der Waals surface area contributed by atoms with Gasteiger partial charge in [-0.3, -0.25) is 0 Å². The van der Waals surface area contributed by atoms with Gasteiger partial charge in [0.2, 0.25) is 0 Å². The van der Waals surface area contributed by atoms with Crippen molar-refractivity contribution < 1.29 is 108 Å². The Morgan fingerprint density at radius 2 is 1.39 bits per heavy atom. The second-order valence-corrected chi connectivity index (χ2v) is 26.6. The molecular weight excluding hydrogens is 1070 g/mol. The molecule has 25 unspecified atom stereocenters. The summed E-state index contributed by atoms with van der Waals surface area (Å²) in [6, 6.07) is 8.53. The van der Waals surface area contributed by atoms with Gasteiger partial charge < -0.3 is 93.7 Å². The molecule has 0 amide bonds. The average Bonchev–Trinajstić information content (AvgIpc) is 0.792. The molecule has 22 heteroatoms. The number of hydrogen-bond acceptors (Lipinski definition) is 22. The van der Waals surface area contributed by atoms with E-state index in [1.54, 1.807) is 50.3 Å². The maximum absolute atomic E-state index is 13.9. The number of fused-ring (bicyclic) bond motifs is 7. The van der Waals surface area contributed by atoms with E-state index in [0.29, 0.717) is 49.7 Å². The van der Waals surface area contributed by atoms with Gasteiger partial charge >= 0.3 is 17.9 Å². The third kappa shape index (κ3) is 10.2. The van der Waals surface area contributed by atoms with E-state index in [0.717, 1.165) is 12.7 Å². The van der Waals surface area contributed by atoms with E-state index in [-0.39, 0.29) is 23.7 Å². The van der Waals surface area contributed by atoms with Crippen molar-refractivity contribution >= 4 is 17.9 Å². The van der Waals surface area contributed by atoms with Crippen molar-refractivity contribution in [2.24, 2.45) is 50.2 Å². The summed E-state index contributed by atoms with van der Waals surface area (Å²) in [7, 11) is 1.08. The van der Waals surface area contributed by atoms with Gasteiger partial charge in [-0.05, 0) is 110 Å². The average molecular weight is 1160 g/mol. The van der Waals surface area contributed by atoms with Gasteiger partial charge in [0.25, 0.3) is 0 Å². The van der Waals surface area contributed by atoms with Gasteiger partial charge in [0.1, 0.15) is 67.1 Å². The minimum atomic E-state index is -1.98. The summed E-state index contributed by atoms with van der Waals surface area (Å²) in [6.45, 7) is 16.4. The number of rotatable bonds is 13. The van der Waals surface area contributed by atoms with Crippen LogP contribution in [0.3, 0.4) is 0 Å². The Labute approximate surface area is 478 Å². The molecule has 1 aromatic carbocycles. The molecule has 4 saturated carbocycles. The number of methoxy groups -OCH3 is 1. The monoisotopic (exact) mass is 1160 g/mol. The van der Waals surface area contributed by atoms with Crippen molar-refractivity contribution in [3.05, 3.63) is 59.2 Å². The highest BCUT2D eigenvalue weighted by Gasteiger charge is 2.74. The van der Waals surface area contributed by atoms with Gasteiger partial charge in [-0.2, -0.15) is 0 Å². The number of carbonyl (C=O) groups is 3. The molecule has 1 aromatic rings. The summed E-state index contributed by atoms with van der Waals surface area (Å²) in [4.78, 5) is 41.4. The van der Waals surface area contributed by atoms with Gasteiger partial charge in [-0.15, -0.1) is 0 Å². The van der Waals surface area contributed by atoms with E-state index in [9.17, 15) is 65.4 Å². The van der Waals surface area contributed by atoms with Gasteiger partial charge in [0, 0.05) is 11.0 Å². The second-order valence-electron chi connectivity index (χ2n) is 26.6. The van der Waals surface area contributed by atoms with Crippen LogP contribution in [-0.2, 0) is 52.2 Å². The first kappa shape index (κ1) is 63.0. The summed E-state index contributed by atoms with van der Waals surface area (Å²) in [5, 5.41) is 112. The van der Waals surface area contributed by atoms with Crippen LogP contribution in [0.2, 0.25) is 0 Å². The fraction of sp³-hybridized carbons (Fsp3) is 0.783. The van der Waals surface area contributed by atoms with E-state index in [2.05, 4.69) is 40.7 Å². The third-order valence-electron chi connectivity index (χ3n) is 21.7. The molecule has 460 valence electrons. The molecular formula is C60H88O22. The maximum atomic E-state index is 13.9. The molecule has 3 aliphatic heterocycles. The molecule has 3 saturated heterocycles. The Morgan fingerprint density at radius 3 is 2.04 bits per heavy atom. The predicted octanol–water partition coefficient (Wildman–Crippen LogP) is 1.73. The van der Waals surface area contributed by atoms with Gasteiger partial charge in [0.05, 0.1) is 50.1 Å². The molecule has 8 aliphatic rings. The molecule has 5 aliphatic carbocycles. The topological polar surface area (TPSA) is 337 Å². The Kier molecular flexibility index (Phi) is 17.9. The molecule has 0 radical (unpaired) electrons. The standard InChI is InChI=1S/C60H88O22/c1-11-28(2)49(71)82-48-47(81-50(72)29-15-13-12-14-16-29)55(3,4)23-31-30-17-18-35-57(7)21-20-37(56(5,6)34(57)19-22-58(35,8)59(30,9)24-36(64)60(31,48)27-62)77-54-46(80-53-42(69)40(67)39(66)33(25-61)76-53)44(43(70)45(79-54)51(73)74-10)78-52-41(68)38(65)32(63)26-75-52/h11-17,31-48,52-54,61-70H,18-27H2,1-10H3. The molecule has 9 rings (SSSR count). The zero-order valence-electron chi connectivity index (χ0n) is 48.6. The van der Waals surface area contributed by atoms with Crippen LogP contribution in [0.5, 0.6) is 0 Å². The minimum Gasteiger partial charge on any atom is -0.467 e. The number of aliphatic hydroxyl groups excluding tert-OH is 10. The Bertz CT molecular complexity index is 2540. The highest BCUT2D eigenvalue weighted by molar-refractivity contribution is 5.90. The predicted molar refractivity (Wildman–Crippen MR) is 286 cm³/mol. The summed E-state index contributed by atoms with van der Waals surface area (Å²) in [5.41, 5.74) is -2.75. The van der Waals surface area contributed by atoms with Gasteiger partial charge in [-0.25, -0.2) is 14.4 Å². The van der Waals surface area contributed by atoms with E-state index in [1.807, 2.05) is 13.8 Å². The zero-order chi connectivity index (χ0) is 60.0. The molecule has 25 atom stereocenters. The molecule has 0 bridgehead atoms. The van der Waals surface area contributed by atoms with Gasteiger partial charge in [-0.1, -0.05) is 84.4 Å². The van der Waals surface area contributed by atoms with Gasteiger partial charge in [0.15, 0.2) is 31.1 Å². The SMILES string of the molecule is CC=C(C)C(=O)OC1C(OC(=O)c2ccccc2)C(C)(C)CC2C3=CCC4C5(C)CCC(OC6OC(C(=O)OC)C(O)C(OC7OCC(O)C(O)C7O)C6OC6OC(CO)C(O)C(O)C6O)C(C)(C)C5CCC4(C)C3(C)CC(O)C21CO. The van der Waals surface area contributed by atoms with E-state index in [1.165, 1.54) is 0 Å². The van der Waals surface area contributed by atoms with Crippen molar-refractivity contribution in [2.75, 3.05) is 26.9 Å². The lowest BCUT2D eigenvalue weighted by atomic mass is 9.33. The van der Waals surface area contributed by atoms with Crippen LogP contribution >= 0.6 is 0 Å². The number of esters is 3. The molecule has 0 aromatic heterocycles. The van der Waals surface area contributed by atoms with E-state index >= 15 is 0 Å². The molecule has 10 N–H and O–H groups in total. The lowest BCUT2D eigenvalue weighted by Gasteiger charge is -2.72. The number of benzene rings is 1. The second kappa shape index (κ2) is 23.3. The Morgan fingerprint density at radius 1 is 0.720 bits per heavy atom. The summed E-state index contributed by atoms with van der Waals surface area (Å²) < 4.78 is 55.0. The van der Waals surface area contributed by atoms with Crippen LogP contribution in [0.1, 0.15) is 118 Å². The van der Waals surface area contributed by atoms with Crippen LogP contribution in [0, 0.1) is 50.2 Å². The number of hydrogen-bond donors (Lipinski definition) is 10. The highest BCUT2D eigenvalue weighted by atomic mass is 16.8. The summed E-state index contributed by atoms with van der Waals surface area (Å²) >= 11 is 0. The molecule has 22 nitrogen and oxygen atoms in total. The molecule has 0 spiro atoms. The third-order valence-corrected chi connectivity index (χ3v) is 21.7. The molecule has 7 fully saturated rings. The smallest absolute Gasteiger partial charge is 0.338 e. The van der Waals surface area contributed by atoms with Crippen LogP contribution in [-0.4, -0.2) is 206 Å². The lowest BCUT2D eigenvalue weighted by Crippen LogP contribution is -2.72. The van der Waals surface area contributed by atoms with Crippen molar-refractivity contribution in [3.63, 3.8) is 0 Å². The zero-order valence-corrected chi connectivity index (χ0v) is 48.6. The first-order valence-corrected chi connectivity index (χ1v) is 29.0. The number of aliphatic hydroxyl groups is 10. The quantitative estimate of drug-likeness (QED) is 0.0442. The van der Waals surface area contributed by atoms with E-state index < -0.39 is 181 Å². The number of carbonyl (C=O) groups excluding carboxylic acids is 3. The van der Waals surface area contributed by atoms with E-state index in [4.69, 9.17) is 42.6 Å². The van der Waals surface area contributed by atoms with Crippen LogP contribution in [0.25, 0.3) is 0 Å². The number of allylic oxidation sites excluding steroid dienone is 3. The Balaban J connectivity index is 1.04. The largest absolute Gasteiger partial charge is 0.467 e. The summed E-state index contributed by atoms with van der Waals surface area (Å²) in [5.74, 6) is -2.83. The van der Waals surface area contributed by atoms with Crippen LogP contribution in [0.15, 0.2) is 53.6 Å². The lowest BCUT2D eigenvalue weighted by molar-refractivity contribution is -0.392. The number of ether oxygens (including phenoxy) is 9. The fourth-order valence-corrected chi connectivity index (χ4v) is 16.6. The van der Waals surface area contributed by atoms with Crippen molar-refractivity contribution in [1.82, 2.24) is 0 Å². The summed E-state index contributed by atoms with van der Waals surface area (Å²) in [6.07, 6.45) is -21.4. The molecule has 82 heavy (non-hydrogen) atoms. The normalized spacial score (nSPS) is 47.0. The minimum absolute atomic E-state index is 0.0318. The fourth-order valence-electron chi connectivity index (χ4n) is 16.6. The van der Waals surface area contributed by atoms with Crippen LogP contribution in [0.4, 0.5) is 0 Å². The highest BCUT2D eigenvalue weighted by Crippen LogP contribution is 2.76. The first-order valence-electron chi connectivity index (χ1n) is 29.0. The Hall–Kier alpha value is -3.53. The first-order chi connectivity index (χ1) is 38.5. The van der Waals surface area contributed by atoms with Crippen molar-refractivity contribution in [1.29, 1.82) is 0 Å². The van der Waals surface area contributed by atoms with Crippen LogP contribution < -0.4 is 0 Å².